The predicted molar refractivity (Wildman–Crippen MR) is 102 cm³/mol. The Hall–Kier alpha value is -2.32. The lowest BCUT2D eigenvalue weighted by Gasteiger charge is -2.26. The molecule has 0 saturated carbocycles. The van der Waals surface area contributed by atoms with Gasteiger partial charge in [0.1, 0.15) is 11.6 Å². The third-order valence-electron chi connectivity index (χ3n) is 5.32. The first kappa shape index (κ1) is 18.5. The largest absolute Gasteiger partial charge is 0.374 e. The average Bonchev–Trinajstić information content (AvgIpc) is 2.70. The van der Waals surface area contributed by atoms with E-state index in [1.165, 1.54) is 24.0 Å². The molecule has 0 bridgehead atoms. The van der Waals surface area contributed by atoms with Crippen LogP contribution in [-0.2, 0) is 17.6 Å². The average molecular weight is 352 g/mol. The first-order valence-electron chi connectivity index (χ1n) is 9.70. The van der Waals surface area contributed by atoms with Crippen molar-refractivity contribution in [2.24, 2.45) is 0 Å². The van der Waals surface area contributed by atoms with Crippen molar-refractivity contribution in [1.82, 2.24) is 15.5 Å². The van der Waals surface area contributed by atoms with Crippen LogP contribution in [0.2, 0.25) is 0 Å². The second kappa shape index (κ2) is 8.86. The number of fused-ring (bicyclic) bond motifs is 1. The van der Waals surface area contributed by atoms with Crippen LogP contribution in [0.3, 0.4) is 0 Å². The number of nitrogens with zero attached hydrogens (tertiary/aromatic N) is 2. The van der Waals surface area contributed by atoms with Crippen LogP contribution in [0.25, 0.3) is 0 Å². The molecule has 0 spiro atoms. The first-order valence-corrected chi connectivity index (χ1v) is 9.70. The molecule has 2 N–H and O–H groups in total. The van der Waals surface area contributed by atoms with Gasteiger partial charge in [-0.15, -0.1) is 0 Å². The molecule has 1 atom stereocenters. The van der Waals surface area contributed by atoms with Gasteiger partial charge in [0, 0.05) is 32.4 Å². The summed E-state index contributed by atoms with van der Waals surface area (Å²) in [4.78, 5) is 14.7. The molecule has 2 aliphatic rings. The number of carbonyl (C=O) groups is 1. The molecule has 3 rings (SSSR count). The lowest BCUT2D eigenvalue weighted by molar-refractivity contribution is -0.117. The molecule has 5 heteroatoms. The van der Waals surface area contributed by atoms with Gasteiger partial charge in [-0.05, 0) is 48.8 Å². The maximum atomic E-state index is 12.6. The van der Waals surface area contributed by atoms with Crippen LogP contribution in [0.5, 0.6) is 0 Å². The fourth-order valence-electron chi connectivity index (χ4n) is 3.76. The number of amides is 1. The van der Waals surface area contributed by atoms with E-state index in [2.05, 4.69) is 41.8 Å². The van der Waals surface area contributed by atoms with Crippen molar-refractivity contribution in [3.05, 3.63) is 46.7 Å². The van der Waals surface area contributed by atoms with Gasteiger partial charge in [-0.3, -0.25) is 4.79 Å². The standard InChI is InChI=1S/C21H28N4O/c1-2-20(18-8-7-16-5-3-4-6-17(16)13-18)24-21(26)19(14-22)15-25-11-9-23-10-12-25/h7-8,13,15,20,23H,2-6,9-12H2,1H3,(H,24,26)/b19-15-. The van der Waals surface area contributed by atoms with Crippen molar-refractivity contribution in [2.75, 3.05) is 26.2 Å². The number of benzene rings is 1. The van der Waals surface area contributed by atoms with Crippen molar-refractivity contribution in [1.29, 1.82) is 5.26 Å². The van der Waals surface area contributed by atoms with E-state index in [4.69, 9.17) is 0 Å². The Morgan fingerprint density at radius 3 is 2.73 bits per heavy atom. The third-order valence-corrected chi connectivity index (χ3v) is 5.32. The van der Waals surface area contributed by atoms with E-state index >= 15 is 0 Å². The van der Waals surface area contributed by atoms with Gasteiger partial charge < -0.3 is 15.5 Å². The molecule has 5 nitrogen and oxygen atoms in total. The summed E-state index contributed by atoms with van der Waals surface area (Å²) in [5, 5.41) is 15.7. The Labute approximate surface area is 156 Å². The monoisotopic (exact) mass is 352 g/mol. The summed E-state index contributed by atoms with van der Waals surface area (Å²) in [5.41, 5.74) is 4.18. The van der Waals surface area contributed by atoms with Crippen molar-refractivity contribution < 1.29 is 4.79 Å². The molecule has 1 aromatic carbocycles. The van der Waals surface area contributed by atoms with Gasteiger partial charge in [-0.1, -0.05) is 25.1 Å². The van der Waals surface area contributed by atoms with Crippen LogP contribution < -0.4 is 10.6 Å². The van der Waals surface area contributed by atoms with E-state index < -0.39 is 0 Å². The fraction of sp³-hybridized carbons (Fsp3) is 0.524. The van der Waals surface area contributed by atoms with Gasteiger partial charge in [-0.2, -0.15) is 5.26 Å². The molecule has 1 saturated heterocycles. The van der Waals surface area contributed by atoms with Gasteiger partial charge in [0.05, 0.1) is 6.04 Å². The summed E-state index contributed by atoms with van der Waals surface area (Å²) in [5.74, 6) is -0.282. The number of nitrogens with one attached hydrogen (secondary N) is 2. The highest BCUT2D eigenvalue weighted by Gasteiger charge is 2.19. The minimum absolute atomic E-state index is 0.0606. The lowest BCUT2D eigenvalue weighted by Crippen LogP contribution is -2.41. The van der Waals surface area contributed by atoms with E-state index in [1.54, 1.807) is 6.20 Å². The van der Waals surface area contributed by atoms with Gasteiger partial charge in [0.2, 0.25) is 0 Å². The molecule has 138 valence electrons. The number of piperazine rings is 1. The van der Waals surface area contributed by atoms with Gasteiger partial charge in [0.25, 0.3) is 5.91 Å². The van der Waals surface area contributed by atoms with E-state index in [1.807, 2.05) is 4.90 Å². The van der Waals surface area contributed by atoms with Gasteiger partial charge >= 0.3 is 0 Å². The van der Waals surface area contributed by atoms with Crippen molar-refractivity contribution in [3.63, 3.8) is 0 Å². The van der Waals surface area contributed by atoms with Crippen LogP contribution >= 0.6 is 0 Å². The van der Waals surface area contributed by atoms with E-state index in [-0.39, 0.29) is 17.5 Å². The number of rotatable bonds is 5. The van der Waals surface area contributed by atoms with Crippen LogP contribution in [0.4, 0.5) is 0 Å². The summed E-state index contributed by atoms with van der Waals surface area (Å²) in [6.07, 6.45) is 7.30. The van der Waals surface area contributed by atoms with Crippen LogP contribution in [-0.4, -0.2) is 37.0 Å². The normalized spacial score (nSPS) is 18.6. The summed E-state index contributed by atoms with van der Waals surface area (Å²) < 4.78 is 0. The Morgan fingerprint density at radius 2 is 2.04 bits per heavy atom. The molecule has 1 unspecified atom stereocenters. The Morgan fingerprint density at radius 1 is 1.31 bits per heavy atom. The number of nitriles is 1. The molecule has 0 aromatic heterocycles. The molecule has 1 fully saturated rings. The molecule has 0 radical (unpaired) electrons. The molecular formula is C21H28N4O. The third kappa shape index (κ3) is 4.44. The van der Waals surface area contributed by atoms with Gasteiger partial charge in [0.15, 0.2) is 0 Å². The SMILES string of the molecule is CCC(NC(=O)/C(C#N)=C\N1CCNCC1)c1ccc2c(c1)CCCC2. The number of aryl methyl sites for hydroxylation is 2. The zero-order valence-corrected chi connectivity index (χ0v) is 15.6. The second-order valence-corrected chi connectivity index (χ2v) is 7.11. The predicted octanol–water partition coefficient (Wildman–Crippen LogP) is 2.45. The number of carbonyl (C=O) groups excluding carboxylic acids is 1. The van der Waals surface area contributed by atoms with Crippen LogP contribution in [0.15, 0.2) is 30.0 Å². The van der Waals surface area contributed by atoms with E-state index in [0.29, 0.717) is 0 Å². The highest BCUT2D eigenvalue weighted by Crippen LogP contribution is 2.26. The van der Waals surface area contributed by atoms with Crippen molar-refractivity contribution in [3.8, 4) is 6.07 Å². The highest BCUT2D eigenvalue weighted by atomic mass is 16.1. The van der Waals surface area contributed by atoms with Gasteiger partial charge in [-0.25, -0.2) is 0 Å². The fourth-order valence-corrected chi connectivity index (χ4v) is 3.76. The van der Waals surface area contributed by atoms with Crippen LogP contribution in [0, 0.1) is 11.3 Å². The maximum Gasteiger partial charge on any atom is 0.263 e. The van der Waals surface area contributed by atoms with Crippen molar-refractivity contribution in [2.45, 2.75) is 45.1 Å². The topological polar surface area (TPSA) is 68.2 Å². The molecule has 1 aromatic rings. The first-order chi connectivity index (χ1) is 12.7. The van der Waals surface area contributed by atoms with Crippen molar-refractivity contribution >= 4 is 5.91 Å². The van der Waals surface area contributed by atoms with E-state index in [9.17, 15) is 10.1 Å². The summed E-state index contributed by atoms with van der Waals surface area (Å²) in [7, 11) is 0. The Bertz CT molecular complexity index is 713. The Balaban J connectivity index is 1.71. The minimum Gasteiger partial charge on any atom is -0.374 e. The zero-order valence-electron chi connectivity index (χ0n) is 15.6. The quantitative estimate of drug-likeness (QED) is 0.631. The molecule has 1 heterocycles. The smallest absolute Gasteiger partial charge is 0.263 e. The Kier molecular flexibility index (Phi) is 6.30. The molecule has 26 heavy (non-hydrogen) atoms. The molecule has 1 amide bonds. The summed E-state index contributed by atoms with van der Waals surface area (Å²) in [6.45, 7) is 5.46. The summed E-state index contributed by atoms with van der Waals surface area (Å²) in [6, 6.07) is 8.59. The van der Waals surface area contributed by atoms with E-state index in [0.717, 1.165) is 51.0 Å². The maximum absolute atomic E-state index is 12.6. The second-order valence-electron chi connectivity index (χ2n) is 7.11. The number of hydrogen-bond acceptors (Lipinski definition) is 4. The summed E-state index contributed by atoms with van der Waals surface area (Å²) >= 11 is 0. The van der Waals surface area contributed by atoms with Crippen LogP contribution in [0.1, 0.15) is 48.9 Å². The number of hydrogen-bond donors (Lipinski definition) is 2. The lowest BCUT2D eigenvalue weighted by atomic mass is 9.88. The molecule has 1 aliphatic heterocycles. The zero-order chi connectivity index (χ0) is 18.4. The molecular weight excluding hydrogens is 324 g/mol. The molecule has 1 aliphatic carbocycles. The highest BCUT2D eigenvalue weighted by molar-refractivity contribution is 5.97. The minimum atomic E-state index is -0.282.